The van der Waals surface area contributed by atoms with Gasteiger partial charge in [0.05, 0.1) is 0 Å². The topological polar surface area (TPSA) is 0 Å². The molecule has 0 saturated carbocycles. The Balaban J connectivity index is 2.35. The summed E-state index contributed by atoms with van der Waals surface area (Å²) < 4.78 is 15.7. The van der Waals surface area contributed by atoms with Crippen LogP contribution in [0, 0.1) is 5.82 Å². The van der Waals surface area contributed by atoms with E-state index < -0.39 is 0 Å². The van der Waals surface area contributed by atoms with Crippen molar-refractivity contribution in [3.8, 4) is 0 Å². The lowest BCUT2D eigenvalue weighted by molar-refractivity contribution is 0.630. The molecule has 0 unspecified atom stereocenters. The molecule has 4 rings (SSSR count). The van der Waals surface area contributed by atoms with Crippen molar-refractivity contribution in [3.05, 3.63) is 69.4 Å². The lowest BCUT2D eigenvalue weighted by Gasteiger charge is -2.11. The van der Waals surface area contributed by atoms with Crippen LogP contribution in [0.25, 0.3) is 32.3 Å². The molecular formula is C18H9Br2F. The average Bonchev–Trinajstić information content (AvgIpc) is 2.49. The molecular weight excluding hydrogens is 395 g/mol. The van der Waals surface area contributed by atoms with E-state index in [2.05, 4.69) is 56.1 Å². The summed E-state index contributed by atoms with van der Waals surface area (Å²) in [6.07, 6.45) is 0. The Kier molecular flexibility index (Phi) is 3.02. The van der Waals surface area contributed by atoms with E-state index in [0.717, 1.165) is 41.3 Å². The molecule has 21 heavy (non-hydrogen) atoms. The van der Waals surface area contributed by atoms with Gasteiger partial charge < -0.3 is 0 Å². The predicted octanol–water partition coefficient (Wildman–Crippen LogP) is 6.81. The van der Waals surface area contributed by atoms with Crippen LogP contribution in [-0.2, 0) is 0 Å². The second-order valence-corrected chi connectivity index (χ2v) is 6.76. The van der Waals surface area contributed by atoms with E-state index in [0.29, 0.717) is 0 Å². The lowest BCUT2D eigenvalue weighted by atomic mass is 9.97. The standard InChI is InChI=1S/C18H9Br2F/c19-17-9-16-14-7-10(21)5-6-13(14)18(20)8-15(16)11-3-1-2-4-12(11)17/h1-9H. The van der Waals surface area contributed by atoms with Crippen LogP contribution >= 0.6 is 31.9 Å². The highest BCUT2D eigenvalue weighted by Crippen LogP contribution is 2.38. The fourth-order valence-corrected chi connectivity index (χ4v) is 4.03. The summed E-state index contributed by atoms with van der Waals surface area (Å²) in [6, 6.07) is 17.3. The summed E-state index contributed by atoms with van der Waals surface area (Å²) in [7, 11) is 0. The fourth-order valence-electron chi connectivity index (χ4n) is 2.88. The van der Waals surface area contributed by atoms with Crippen molar-refractivity contribution in [2.45, 2.75) is 0 Å². The number of fused-ring (bicyclic) bond motifs is 5. The van der Waals surface area contributed by atoms with E-state index in [-0.39, 0.29) is 5.82 Å². The van der Waals surface area contributed by atoms with Crippen molar-refractivity contribution >= 4 is 64.2 Å². The molecule has 0 nitrogen and oxygen atoms in total. The molecule has 0 aliphatic carbocycles. The SMILES string of the molecule is Fc1ccc2c(Br)cc3c4ccccc4c(Br)cc3c2c1. The molecule has 4 aromatic carbocycles. The van der Waals surface area contributed by atoms with E-state index in [1.807, 2.05) is 18.2 Å². The Morgan fingerprint density at radius 3 is 1.81 bits per heavy atom. The number of hydrogen-bond donors (Lipinski definition) is 0. The van der Waals surface area contributed by atoms with Gasteiger partial charge in [0.1, 0.15) is 5.82 Å². The van der Waals surface area contributed by atoms with Gasteiger partial charge in [-0.05, 0) is 56.6 Å². The number of benzene rings is 4. The van der Waals surface area contributed by atoms with Gasteiger partial charge in [-0.1, -0.05) is 62.2 Å². The van der Waals surface area contributed by atoms with E-state index >= 15 is 0 Å². The van der Waals surface area contributed by atoms with E-state index in [4.69, 9.17) is 0 Å². The molecule has 0 atom stereocenters. The monoisotopic (exact) mass is 402 g/mol. The van der Waals surface area contributed by atoms with Crippen LogP contribution in [0.1, 0.15) is 0 Å². The normalized spacial score (nSPS) is 11.6. The summed E-state index contributed by atoms with van der Waals surface area (Å²) in [5.41, 5.74) is 0. The largest absolute Gasteiger partial charge is 0.207 e. The van der Waals surface area contributed by atoms with Gasteiger partial charge in [-0.2, -0.15) is 0 Å². The van der Waals surface area contributed by atoms with Crippen LogP contribution in [0.15, 0.2) is 63.5 Å². The van der Waals surface area contributed by atoms with Gasteiger partial charge in [-0.3, -0.25) is 0 Å². The van der Waals surface area contributed by atoms with Crippen molar-refractivity contribution in [1.82, 2.24) is 0 Å². The van der Waals surface area contributed by atoms with Gasteiger partial charge >= 0.3 is 0 Å². The van der Waals surface area contributed by atoms with Crippen LogP contribution in [0.3, 0.4) is 0 Å². The van der Waals surface area contributed by atoms with Gasteiger partial charge in [0.15, 0.2) is 0 Å². The average molecular weight is 404 g/mol. The molecule has 0 fully saturated rings. The molecule has 0 radical (unpaired) electrons. The summed E-state index contributed by atoms with van der Waals surface area (Å²) >= 11 is 7.25. The molecule has 0 aliphatic heterocycles. The molecule has 0 aliphatic rings. The van der Waals surface area contributed by atoms with Crippen LogP contribution in [0.4, 0.5) is 4.39 Å². The minimum atomic E-state index is -0.216. The molecule has 0 N–H and O–H groups in total. The Morgan fingerprint density at radius 1 is 0.571 bits per heavy atom. The first-order chi connectivity index (χ1) is 10.1. The second-order valence-electron chi connectivity index (χ2n) is 5.05. The third-order valence-corrected chi connectivity index (χ3v) is 5.15. The summed E-state index contributed by atoms with van der Waals surface area (Å²) in [6.45, 7) is 0. The molecule has 0 amide bonds. The van der Waals surface area contributed by atoms with E-state index in [1.54, 1.807) is 6.07 Å². The summed E-state index contributed by atoms with van der Waals surface area (Å²) in [4.78, 5) is 0. The number of rotatable bonds is 0. The van der Waals surface area contributed by atoms with Gasteiger partial charge in [0, 0.05) is 8.95 Å². The van der Waals surface area contributed by atoms with Gasteiger partial charge in [0.2, 0.25) is 0 Å². The van der Waals surface area contributed by atoms with E-state index in [9.17, 15) is 4.39 Å². The Labute approximate surface area is 137 Å². The number of halogens is 3. The minimum Gasteiger partial charge on any atom is -0.207 e. The first-order valence-corrected chi connectivity index (χ1v) is 8.12. The highest BCUT2D eigenvalue weighted by Gasteiger charge is 2.10. The van der Waals surface area contributed by atoms with Crippen LogP contribution in [0.2, 0.25) is 0 Å². The molecule has 0 bridgehead atoms. The summed E-state index contributed by atoms with van der Waals surface area (Å²) in [5.74, 6) is -0.216. The molecule has 3 heteroatoms. The zero-order valence-corrected chi connectivity index (χ0v) is 14.0. The zero-order chi connectivity index (χ0) is 14.6. The molecule has 0 spiro atoms. The van der Waals surface area contributed by atoms with E-state index in [1.165, 1.54) is 6.07 Å². The molecule has 0 saturated heterocycles. The Hall–Kier alpha value is -1.45. The maximum atomic E-state index is 13.7. The second kappa shape index (κ2) is 4.79. The maximum Gasteiger partial charge on any atom is 0.123 e. The van der Waals surface area contributed by atoms with Crippen molar-refractivity contribution in [2.75, 3.05) is 0 Å². The van der Waals surface area contributed by atoms with Crippen molar-refractivity contribution in [3.63, 3.8) is 0 Å². The third kappa shape index (κ3) is 1.99. The smallest absolute Gasteiger partial charge is 0.123 e. The Bertz CT molecular complexity index is 1020. The highest BCUT2D eigenvalue weighted by atomic mass is 79.9. The van der Waals surface area contributed by atoms with Crippen molar-refractivity contribution < 1.29 is 4.39 Å². The molecule has 102 valence electrons. The third-order valence-electron chi connectivity index (χ3n) is 3.84. The quantitative estimate of drug-likeness (QED) is 0.283. The van der Waals surface area contributed by atoms with Crippen molar-refractivity contribution in [1.29, 1.82) is 0 Å². The van der Waals surface area contributed by atoms with Gasteiger partial charge in [-0.25, -0.2) is 4.39 Å². The van der Waals surface area contributed by atoms with Crippen LogP contribution < -0.4 is 0 Å². The summed E-state index contributed by atoms with van der Waals surface area (Å²) in [5, 5.41) is 6.44. The Morgan fingerprint density at radius 2 is 1.10 bits per heavy atom. The van der Waals surface area contributed by atoms with Crippen LogP contribution in [0.5, 0.6) is 0 Å². The first kappa shape index (κ1) is 13.2. The molecule has 0 heterocycles. The van der Waals surface area contributed by atoms with Crippen LogP contribution in [-0.4, -0.2) is 0 Å². The maximum absolute atomic E-state index is 13.7. The molecule has 4 aromatic rings. The highest BCUT2D eigenvalue weighted by molar-refractivity contribution is 9.11. The number of hydrogen-bond acceptors (Lipinski definition) is 0. The fraction of sp³-hybridized carbons (Fsp3) is 0. The minimum absolute atomic E-state index is 0.216. The van der Waals surface area contributed by atoms with Crippen molar-refractivity contribution in [2.24, 2.45) is 0 Å². The van der Waals surface area contributed by atoms with Gasteiger partial charge in [-0.15, -0.1) is 0 Å². The van der Waals surface area contributed by atoms with Gasteiger partial charge in [0.25, 0.3) is 0 Å². The first-order valence-electron chi connectivity index (χ1n) is 6.54. The zero-order valence-electron chi connectivity index (χ0n) is 10.8. The molecule has 0 aromatic heterocycles. The predicted molar refractivity (Wildman–Crippen MR) is 94.3 cm³/mol. The lowest BCUT2D eigenvalue weighted by Crippen LogP contribution is -1.85.